The van der Waals surface area contributed by atoms with E-state index in [-0.39, 0.29) is 5.56 Å². The second-order valence-corrected chi connectivity index (χ2v) is 8.21. The summed E-state index contributed by atoms with van der Waals surface area (Å²) in [6, 6.07) is 12.4. The number of aryl methyl sites for hydroxylation is 1. The van der Waals surface area contributed by atoms with E-state index in [0.29, 0.717) is 47.0 Å². The number of carbonyl (C=O) groups is 1. The summed E-state index contributed by atoms with van der Waals surface area (Å²) < 4.78 is 7.62. The average Bonchev–Trinajstić information content (AvgIpc) is 3.14. The SMILES string of the molecule is CCOc1cc(-c2cc(NCCn3c(C)cc4c(Cl)ccc(Cl)c43)ncn2)ccc1C(=O)O. The van der Waals surface area contributed by atoms with E-state index in [9.17, 15) is 9.90 Å². The van der Waals surface area contributed by atoms with E-state index in [1.54, 1.807) is 24.3 Å². The van der Waals surface area contributed by atoms with E-state index in [1.807, 2.05) is 26.0 Å². The normalized spacial score (nSPS) is 11.0. The minimum atomic E-state index is -1.04. The van der Waals surface area contributed by atoms with Gasteiger partial charge in [-0.2, -0.15) is 0 Å². The van der Waals surface area contributed by atoms with Crippen molar-refractivity contribution >= 4 is 45.9 Å². The minimum Gasteiger partial charge on any atom is -0.493 e. The Morgan fingerprint density at radius 3 is 2.67 bits per heavy atom. The molecule has 0 atom stereocenters. The first-order chi connectivity index (χ1) is 15.9. The maximum atomic E-state index is 11.4. The molecular weight excluding hydrogens is 463 g/mol. The van der Waals surface area contributed by atoms with Crippen molar-refractivity contribution in [1.82, 2.24) is 14.5 Å². The summed E-state index contributed by atoms with van der Waals surface area (Å²) in [6.07, 6.45) is 1.47. The lowest BCUT2D eigenvalue weighted by Gasteiger charge is -2.12. The number of carboxylic acids is 1. The Kier molecular flexibility index (Phi) is 6.72. The molecule has 33 heavy (non-hydrogen) atoms. The highest BCUT2D eigenvalue weighted by atomic mass is 35.5. The molecule has 0 aliphatic carbocycles. The van der Waals surface area contributed by atoms with E-state index in [0.717, 1.165) is 22.2 Å². The van der Waals surface area contributed by atoms with Crippen LogP contribution in [-0.4, -0.2) is 38.8 Å². The molecule has 2 N–H and O–H groups in total. The number of hydrogen-bond acceptors (Lipinski definition) is 5. The van der Waals surface area contributed by atoms with Crippen molar-refractivity contribution in [2.75, 3.05) is 18.5 Å². The average molecular weight is 485 g/mol. The van der Waals surface area contributed by atoms with Gasteiger partial charge in [-0.3, -0.25) is 0 Å². The molecule has 7 nitrogen and oxygen atoms in total. The number of hydrogen-bond donors (Lipinski definition) is 2. The van der Waals surface area contributed by atoms with Gasteiger partial charge in [0.05, 0.1) is 27.9 Å². The summed E-state index contributed by atoms with van der Waals surface area (Å²) in [4.78, 5) is 20.1. The topological polar surface area (TPSA) is 89.3 Å². The van der Waals surface area contributed by atoms with Gasteiger partial charge in [-0.15, -0.1) is 0 Å². The first kappa shape index (κ1) is 22.9. The summed E-state index contributed by atoms with van der Waals surface area (Å²) in [5, 5.41) is 14.9. The molecule has 0 radical (unpaired) electrons. The number of aromatic carboxylic acids is 1. The first-order valence-corrected chi connectivity index (χ1v) is 11.1. The predicted octanol–water partition coefficient (Wildman–Crippen LogP) is 5.92. The second-order valence-electron chi connectivity index (χ2n) is 7.39. The molecule has 0 amide bonds. The Hall–Kier alpha value is -3.29. The van der Waals surface area contributed by atoms with Crippen molar-refractivity contribution in [2.45, 2.75) is 20.4 Å². The van der Waals surface area contributed by atoms with Crippen molar-refractivity contribution < 1.29 is 14.6 Å². The molecule has 0 spiro atoms. The Morgan fingerprint density at radius 2 is 1.91 bits per heavy atom. The number of nitrogens with zero attached hydrogens (tertiary/aromatic N) is 3. The molecule has 0 fully saturated rings. The number of carboxylic acid groups (broad SMARTS) is 1. The molecule has 2 aromatic carbocycles. The van der Waals surface area contributed by atoms with Gasteiger partial charge in [-0.25, -0.2) is 14.8 Å². The van der Waals surface area contributed by atoms with Crippen molar-refractivity contribution in [3.63, 3.8) is 0 Å². The van der Waals surface area contributed by atoms with Crippen LogP contribution in [0.3, 0.4) is 0 Å². The van der Waals surface area contributed by atoms with Crippen LogP contribution in [-0.2, 0) is 6.54 Å². The molecule has 0 bridgehead atoms. The number of benzene rings is 2. The lowest BCUT2D eigenvalue weighted by Crippen LogP contribution is -2.12. The van der Waals surface area contributed by atoms with E-state index in [1.165, 1.54) is 12.4 Å². The molecule has 0 unspecified atom stereocenters. The Labute approximate surface area is 201 Å². The lowest BCUT2D eigenvalue weighted by atomic mass is 10.1. The zero-order valence-corrected chi connectivity index (χ0v) is 19.6. The fraction of sp³-hybridized carbons (Fsp3) is 0.208. The Bertz CT molecular complexity index is 1340. The van der Waals surface area contributed by atoms with E-state index in [2.05, 4.69) is 19.9 Å². The predicted molar refractivity (Wildman–Crippen MR) is 131 cm³/mol. The largest absolute Gasteiger partial charge is 0.493 e. The van der Waals surface area contributed by atoms with Gasteiger partial charge in [0.25, 0.3) is 0 Å². The van der Waals surface area contributed by atoms with Gasteiger partial charge in [-0.05, 0) is 44.2 Å². The molecule has 4 aromatic rings. The zero-order chi connectivity index (χ0) is 23.5. The van der Waals surface area contributed by atoms with Crippen LogP contribution in [0.2, 0.25) is 10.0 Å². The van der Waals surface area contributed by atoms with E-state index < -0.39 is 5.97 Å². The number of ether oxygens (including phenoxy) is 1. The number of nitrogens with one attached hydrogen (secondary N) is 1. The third kappa shape index (κ3) is 4.74. The number of aromatic nitrogens is 3. The molecule has 0 aliphatic rings. The molecule has 0 aliphatic heterocycles. The molecular formula is C24H22Cl2N4O3. The van der Waals surface area contributed by atoms with Gasteiger partial charge >= 0.3 is 5.97 Å². The van der Waals surface area contributed by atoms with Crippen LogP contribution in [0.5, 0.6) is 5.75 Å². The van der Waals surface area contributed by atoms with Gasteiger partial charge < -0.3 is 19.7 Å². The van der Waals surface area contributed by atoms with E-state index >= 15 is 0 Å². The zero-order valence-electron chi connectivity index (χ0n) is 18.1. The molecule has 4 rings (SSSR count). The van der Waals surface area contributed by atoms with Gasteiger partial charge in [0.1, 0.15) is 23.5 Å². The van der Waals surface area contributed by atoms with E-state index in [4.69, 9.17) is 27.9 Å². The molecule has 2 heterocycles. The number of rotatable bonds is 8. The van der Waals surface area contributed by atoms with Crippen molar-refractivity contribution in [3.05, 3.63) is 70.1 Å². The van der Waals surface area contributed by atoms with Crippen LogP contribution in [0.25, 0.3) is 22.2 Å². The quantitative estimate of drug-likeness (QED) is 0.322. The highest BCUT2D eigenvalue weighted by molar-refractivity contribution is 6.40. The highest BCUT2D eigenvalue weighted by Crippen LogP contribution is 2.32. The van der Waals surface area contributed by atoms with Gasteiger partial charge in [0.2, 0.25) is 0 Å². The highest BCUT2D eigenvalue weighted by Gasteiger charge is 2.14. The maximum Gasteiger partial charge on any atom is 0.339 e. The maximum absolute atomic E-state index is 11.4. The minimum absolute atomic E-state index is 0.112. The molecule has 9 heteroatoms. The Morgan fingerprint density at radius 1 is 1.12 bits per heavy atom. The van der Waals surface area contributed by atoms with Crippen molar-refractivity contribution in [1.29, 1.82) is 0 Å². The second kappa shape index (κ2) is 9.68. The van der Waals surface area contributed by atoms with Gasteiger partial charge in [0.15, 0.2) is 0 Å². The Balaban J connectivity index is 1.53. The molecule has 2 aromatic heterocycles. The van der Waals surface area contributed by atoms with Crippen LogP contribution in [0.15, 0.2) is 48.8 Å². The van der Waals surface area contributed by atoms with Crippen molar-refractivity contribution in [3.8, 4) is 17.0 Å². The van der Waals surface area contributed by atoms with Crippen LogP contribution in [0.4, 0.5) is 5.82 Å². The van der Waals surface area contributed by atoms with Crippen LogP contribution < -0.4 is 10.1 Å². The van der Waals surface area contributed by atoms with Crippen molar-refractivity contribution in [2.24, 2.45) is 0 Å². The van der Waals surface area contributed by atoms with Gasteiger partial charge in [0, 0.05) is 35.8 Å². The summed E-state index contributed by atoms with van der Waals surface area (Å²) >= 11 is 12.8. The molecule has 0 saturated carbocycles. The van der Waals surface area contributed by atoms with Crippen LogP contribution >= 0.6 is 23.2 Å². The lowest BCUT2D eigenvalue weighted by molar-refractivity contribution is 0.0692. The number of anilines is 1. The van der Waals surface area contributed by atoms with Crippen LogP contribution in [0, 0.1) is 6.92 Å². The number of halogens is 2. The summed E-state index contributed by atoms with van der Waals surface area (Å²) in [5.41, 5.74) is 3.48. The molecule has 170 valence electrons. The smallest absolute Gasteiger partial charge is 0.339 e. The monoisotopic (exact) mass is 484 g/mol. The third-order valence-corrected chi connectivity index (χ3v) is 5.91. The van der Waals surface area contributed by atoms with Gasteiger partial charge in [-0.1, -0.05) is 29.3 Å². The van der Waals surface area contributed by atoms with Crippen LogP contribution in [0.1, 0.15) is 23.0 Å². The summed E-state index contributed by atoms with van der Waals surface area (Å²) in [6.45, 7) is 5.46. The fourth-order valence-electron chi connectivity index (χ4n) is 3.76. The first-order valence-electron chi connectivity index (χ1n) is 10.4. The third-order valence-electron chi connectivity index (χ3n) is 5.28. The summed E-state index contributed by atoms with van der Waals surface area (Å²) in [7, 11) is 0. The summed E-state index contributed by atoms with van der Waals surface area (Å²) in [5.74, 6) is -0.0797. The standard InChI is InChI=1S/C24H22Cl2N4O3/c1-3-33-21-11-15(4-5-16(21)24(31)32)20-12-22(29-13-28-20)27-8-9-30-14(2)10-17-18(25)6-7-19(26)23(17)30/h4-7,10-13H,3,8-9H2,1-2H3,(H,31,32)(H,27,28,29). The molecule has 0 saturated heterocycles. The fourth-order valence-corrected chi connectivity index (χ4v) is 4.23. The number of fused-ring (bicyclic) bond motifs is 1.